The molecule has 1 N–H and O–H groups in total. The number of nitrogens with zero attached hydrogens (tertiary/aromatic N) is 3. The van der Waals surface area contributed by atoms with Crippen molar-refractivity contribution in [1.29, 1.82) is 0 Å². The lowest BCUT2D eigenvalue weighted by atomic mass is 10.3. The normalized spacial score (nSPS) is 11.1. The average molecular weight is 287 g/mol. The topological polar surface area (TPSA) is 90.4 Å². The van der Waals surface area contributed by atoms with E-state index in [-0.39, 0.29) is 6.54 Å². The van der Waals surface area contributed by atoms with Gasteiger partial charge in [0.05, 0.1) is 11.0 Å². The van der Waals surface area contributed by atoms with Gasteiger partial charge in [0.15, 0.2) is 11.6 Å². The molecule has 7 heteroatoms. The minimum atomic E-state index is -0.944. The number of aromatic nitrogens is 3. The maximum absolute atomic E-state index is 11.1. The van der Waals surface area contributed by atoms with Crippen LogP contribution in [0.15, 0.2) is 34.9 Å². The monoisotopic (exact) mass is 287 g/mol. The van der Waals surface area contributed by atoms with E-state index in [4.69, 9.17) is 14.4 Å². The first-order valence-electron chi connectivity index (χ1n) is 6.31. The van der Waals surface area contributed by atoms with Crippen LogP contribution in [0.5, 0.6) is 0 Å². The van der Waals surface area contributed by atoms with Crippen LogP contribution >= 0.6 is 0 Å². The van der Waals surface area contributed by atoms with Gasteiger partial charge in [-0.25, -0.2) is 4.98 Å². The van der Waals surface area contributed by atoms with Gasteiger partial charge in [0.25, 0.3) is 0 Å². The van der Waals surface area contributed by atoms with Gasteiger partial charge in [0, 0.05) is 13.2 Å². The van der Waals surface area contributed by atoms with Crippen molar-refractivity contribution in [3.05, 3.63) is 36.1 Å². The summed E-state index contributed by atoms with van der Waals surface area (Å²) >= 11 is 0. The summed E-state index contributed by atoms with van der Waals surface area (Å²) in [4.78, 5) is 15.5. The lowest BCUT2D eigenvalue weighted by Crippen LogP contribution is -2.10. The molecule has 2 heterocycles. The fraction of sp³-hybridized carbons (Fsp3) is 0.214. The summed E-state index contributed by atoms with van der Waals surface area (Å²) in [6, 6.07) is 9.04. The number of carboxylic acids is 1. The molecular weight excluding hydrogens is 274 g/mol. The number of hydrogen-bond donors (Lipinski definition) is 1. The highest BCUT2D eigenvalue weighted by Gasteiger charge is 2.17. The smallest absolute Gasteiger partial charge is 0.323 e. The molecule has 21 heavy (non-hydrogen) atoms. The van der Waals surface area contributed by atoms with Crippen LogP contribution in [0.1, 0.15) is 5.76 Å². The van der Waals surface area contributed by atoms with Gasteiger partial charge in [0.2, 0.25) is 0 Å². The van der Waals surface area contributed by atoms with Crippen LogP contribution in [0.3, 0.4) is 0 Å². The van der Waals surface area contributed by atoms with Crippen molar-refractivity contribution in [2.45, 2.75) is 13.2 Å². The SMILES string of the molecule is COCc1cc(-c2nc3ccccc3n2CC(=O)O)no1. The van der Waals surface area contributed by atoms with Gasteiger partial charge < -0.3 is 18.9 Å². The Hall–Kier alpha value is -2.67. The van der Waals surface area contributed by atoms with Crippen molar-refractivity contribution in [3.8, 4) is 11.5 Å². The third kappa shape index (κ3) is 2.50. The number of carbonyl (C=O) groups is 1. The first-order valence-corrected chi connectivity index (χ1v) is 6.31. The highest BCUT2D eigenvalue weighted by Crippen LogP contribution is 2.24. The summed E-state index contributed by atoms with van der Waals surface area (Å²) in [6.07, 6.45) is 0. The quantitative estimate of drug-likeness (QED) is 0.771. The number of rotatable bonds is 5. The molecule has 0 saturated carbocycles. The zero-order valence-corrected chi connectivity index (χ0v) is 11.3. The molecule has 3 rings (SSSR count). The average Bonchev–Trinajstić information content (AvgIpc) is 3.04. The van der Waals surface area contributed by atoms with Crippen molar-refractivity contribution >= 4 is 17.0 Å². The number of aliphatic carboxylic acids is 1. The molecule has 3 aromatic rings. The molecule has 0 radical (unpaired) electrons. The lowest BCUT2D eigenvalue weighted by Gasteiger charge is -2.03. The molecule has 0 saturated heterocycles. The molecule has 7 nitrogen and oxygen atoms in total. The van der Waals surface area contributed by atoms with Gasteiger partial charge in [-0.1, -0.05) is 17.3 Å². The number of carboxylic acid groups (broad SMARTS) is 1. The van der Waals surface area contributed by atoms with E-state index < -0.39 is 5.97 Å². The Balaban J connectivity index is 2.13. The summed E-state index contributed by atoms with van der Waals surface area (Å²) in [5.74, 6) is 0.0751. The van der Waals surface area contributed by atoms with Crippen molar-refractivity contribution in [2.75, 3.05) is 7.11 Å². The summed E-state index contributed by atoms with van der Waals surface area (Å²) in [7, 11) is 1.56. The third-order valence-electron chi connectivity index (χ3n) is 3.02. The van der Waals surface area contributed by atoms with Crippen LogP contribution < -0.4 is 0 Å². The summed E-state index contributed by atoms with van der Waals surface area (Å²) in [5, 5.41) is 13.0. The van der Waals surface area contributed by atoms with Crippen LogP contribution in [0.2, 0.25) is 0 Å². The largest absolute Gasteiger partial charge is 0.480 e. The summed E-state index contributed by atoms with van der Waals surface area (Å²) < 4.78 is 11.7. The molecule has 0 aliphatic carbocycles. The summed E-state index contributed by atoms with van der Waals surface area (Å²) in [5.41, 5.74) is 1.94. The fourth-order valence-corrected chi connectivity index (χ4v) is 2.20. The van der Waals surface area contributed by atoms with Crippen molar-refractivity contribution < 1.29 is 19.2 Å². The second kappa shape index (κ2) is 5.37. The predicted octanol–water partition coefficient (Wildman–Crippen LogP) is 1.92. The van der Waals surface area contributed by atoms with Gasteiger partial charge in [-0.05, 0) is 12.1 Å². The van der Waals surface area contributed by atoms with Gasteiger partial charge in [-0.15, -0.1) is 0 Å². The number of ether oxygens (including phenoxy) is 1. The van der Waals surface area contributed by atoms with E-state index >= 15 is 0 Å². The number of fused-ring (bicyclic) bond motifs is 1. The Morgan fingerprint density at radius 3 is 3.00 bits per heavy atom. The highest BCUT2D eigenvalue weighted by molar-refractivity contribution is 5.82. The van der Waals surface area contributed by atoms with Gasteiger partial charge in [0.1, 0.15) is 18.8 Å². The van der Waals surface area contributed by atoms with Crippen LogP contribution in [0, 0.1) is 0 Å². The third-order valence-corrected chi connectivity index (χ3v) is 3.02. The Morgan fingerprint density at radius 2 is 2.24 bits per heavy atom. The van der Waals surface area contributed by atoms with E-state index in [0.29, 0.717) is 29.4 Å². The van der Waals surface area contributed by atoms with Gasteiger partial charge in [-0.2, -0.15) is 0 Å². The number of para-hydroxylation sites is 2. The van der Waals surface area contributed by atoms with E-state index in [0.717, 1.165) is 5.52 Å². The van der Waals surface area contributed by atoms with Crippen molar-refractivity contribution in [2.24, 2.45) is 0 Å². The standard InChI is InChI=1S/C14H13N3O4/c1-20-8-9-6-11(16-21-9)14-15-10-4-2-3-5-12(10)17(14)7-13(18)19/h2-6H,7-8H2,1H3,(H,18,19). The zero-order valence-electron chi connectivity index (χ0n) is 11.3. The first-order chi connectivity index (χ1) is 10.2. The number of imidazole rings is 1. The molecule has 0 fully saturated rings. The lowest BCUT2D eigenvalue weighted by molar-refractivity contribution is -0.137. The minimum Gasteiger partial charge on any atom is -0.480 e. The predicted molar refractivity (Wildman–Crippen MR) is 73.6 cm³/mol. The Kier molecular flexibility index (Phi) is 3.41. The number of hydrogen-bond acceptors (Lipinski definition) is 5. The van der Waals surface area contributed by atoms with Crippen LogP contribution in [-0.2, 0) is 22.7 Å². The maximum atomic E-state index is 11.1. The Labute approximate surface area is 119 Å². The molecule has 0 aliphatic heterocycles. The van der Waals surface area contributed by atoms with Gasteiger partial charge in [-0.3, -0.25) is 4.79 Å². The fourth-order valence-electron chi connectivity index (χ4n) is 2.20. The molecule has 1 aromatic carbocycles. The molecule has 0 unspecified atom stereocenters. The maximum Gasteiger partial charge on any atom is 0.323 e. The number of methoxy groups -OCH3 is 1. The summed E-state index contributed by atoms with van der Waals surface area (Å²) in [6.45, 7) is 0.106. The number of benzene rings is 1. The Bertz CT molecular complexity index is 790. The molecule has 0 bridgehead atoms. The first kappa shape index (κ1) is 13.3. The van der Waals surface area contributed by atoms with Gasteiger partial charge >= 0.3 is 5.97 Å². The van der Waals surface area contributed by atoms with Crippen LogP contribution in [0.4, 0.5) is 0 Å². The van der Waals surface area contributed by atoms with Crippen molar-refractivity contribution in [1.82, 2.24) is 14.7 Å². The van der Waals surface area contributed by atoms with E-state index in [2.05, 4.69) is 10.1 Å². The van der Waals surface area contributed by atoms with Crippen molar-refractivity contribution in [3.63, 3.8) is 0 Å². The zero-order chi connectivity index (χ0) is 14.8. The molecular formula is C14H13N3O4. The molecule has 0 amide bonds. The van der Waals surface area contributed by atoms with E-state index in [1.54, 1.807) is 17.7 Å². The van der Waals surface area contributed by atoms with Crippen LogP contribution in [0.25, 0.3) is 22.6 Å². The van der Waals surface area contributed by atoms with E-state index in [1.165, 1.54) is 0 Å². The molecule has 2 aromatic heterocycles. The molecule has 0 atom stereocenters. The molecule has 108 valence electrons. The van der Waals surface area contributed by atoms with E-state index in [9.17, 15) is 4.79 Å². The molecule has 0 spiro atoms. The second-order valence-corrected chi connectivity index (χ2v) is 4.52. The highest BCUT2D eigenvalue weighted by atomic mass is 16.5. The molecule has 0 aliphatic rings. The minimum absolute atomic E-state index is 0.192. The van der Waals surface area contributed by atoms with E-state index in [1.807, 2.05) is 24.3 Å². The second-order valence-electron chi connectivity index (χ2n) is 4.52. The van der Waals surface area contributed by atoms with Crippen LogP contribution in [-0.4, -0.2) is 32.9 Å². The Morgan fingerprint density at radius 1 is 1.43 bits per heavy atom.